The quantitative estimate of drug-likeness (QED) is 0.0912. The Morgan fingerprint density at radius 1 is 1.17 bits per heavy atom. The molecule has 3 heterocycles. The predicted molar refractivity (Wildman–Crippen MR) is 136 cm³/mol. The number of nitrogens with zero attached hydrogens (tertiary/aromatic N) is 5. The Morgan fingerprint density at radius 3 is 2.52 bits per heavy atom. The second-order valence-corrected chi connectivity index (χ2v) is 13.0. The number of nitro benzene ring substituents is 1. The molecule has 3 unspecified atom stereocenters. The van der Waals surface area contributed by atoms with E-state index in [-0.39, 0.29) is 40.7 Å². The number of fused-ring (bicyclic) bond motifs is 1. The number of aliphatic hydroxyl groups excluding tert-OH is 1. The highest BCUT2D eigenvalue weighted by Crippen LogP contribution is 2.66. The van der Waals surface area contributed by atoms with Crippen LogP contribution in [0, 0.1) is 10.1 Å². The number of aromatic nitrogens is 4. The van der Waals surface area contributed by atoms with Crippen LogP contribution in [0.15, 0.2) is 30.6 Å². The summed E-state index contributed by atoms with van der Waals surface area (Å²) in [6.07, 6.45) is -3.39. The average molecular weight is 656 g/mol. The Bertz CT molecular complexity index is 1630. The van der Waals surface area contributed by atoms with E-state index in [9.17, 15) is 38.7 Å². The summed E-state index contributed by atoms with van der Waals surface area (Å²) in [7, 11) is -16.7. The third-order valence-corrected chi connectivity index (χ3v) is 9.40. The molecule has 0 aliphatic carbocycles. The van der Waals surface area contributed by atoms with Gasteiger partial charge in [0.1, 0.15) is 18.4 Å². The molecule has 1 aliphatic rings. The molecule has 0 amide bonds. The molecule has 0 radical (unpaired) electrons. The van der Waals surface area contributed by atoms with E-state index < -0.39 is 59.5 Å². The Balaban J connectivity index is 1.49. The van der Waals surface area contributed by atoms with Crippen molar-refractivity contribution in [2.24, 2.45) is 0 Å². The number of para-hydroxylation sites is 1. The van der Waals surface area contributed by atoms with Crippen molar-refractivity contribution >= 4 is 46.3 Å². The number of nitro groups is 1. The van der Waals surface area contributed by atoms with Crippen molar-refractivity contribution in [3.05, 3.63) is 46.3 Å². The predicted octanol–water partition coefficient (Wildman–Crippen LogP) is 1.45. The van der Waals surface area contributed by atoms with Gasteiger partial charge in [-0.25, -0.2) is 18.7 Å². The standard InChI is InChI=1S/C18H23N6O15P3/c1-9(10-4-2-3-5-11(10)24(26)27)36-17-15-16(21-18(19)22-17)23(8-20-15)14-6-12(25)13(37-14)7-35-41(31,32)39-42(33,34)38-40(28,29)30/h2-5,8-9,12-14,25H,6-7H2,1H3,(H,31,32)(H,33,34)(H2,19,21,22)(H2,28,29,30)/t9?,12-,13-,14-/m1/s1. The van der Waals surface area contributed by atoms with Gasteiger partial charge in [0.05, 0.1) is 29.5 Å². The van der Waals surface area contributed by atoms with Gasteiger partial charge in [0, 0.05) is 12.5 Å². The molecule has 6 atom stereocenters. The number of imidazole rings is 1. The monoisotopic (exact) mass is 656 g/mol. The Morgan fingerprint density at radius 2 is 1.86 bits per heavy atom. The Labute approximate surface area is 234 Å². The highest BCUT2D eigenvalue weighted by Gasteiger charge is 2.43. The van der Waals surface area contributed by atoms with Gasteiger partial charge in [-0.1, -0.05) is 12.1 Å². The van der Waals surface area contributed by atoms with E-state index in [0.29, 0.717) is 0 Å². The molecule has 0 bridgehead atoms. The lowest BCUT2D eigenvalue weighted by Gasteiger charge is -2.19. The Hall–Kier alpha value is -2.90. The van der Waals surface area contributed by atoms with Gasteiger partial charge in [-0.15, -0.1) is 0 Å². The fourth-order valence-corrected chi connectivity index (χ4v) is 6.96. The first kappa shape index (κ1) is 32.0. The van der Waals surface area contributed by atoms with Crippen LogP contribution < -0.4 is 10.5 Å². The normalized spacial score (nSPS) is 22.9. The molecule has 1 aromatic carbocycles. The molecule has 4 rings (SSSR count). The van der Waals surface area contributed by atoms with Crippen molar-refractivity contribution in [1.82, 2.24) is 19.5 Å². The number of ether oxygens (including phenoxy) is 2. The van der Waals surface area contributed by atoms with Gasteiger partial charge >= 0.3 is 23.5 Å². The summed E-state index contributed by atoms with van der Waals surface area (Å²) in [5.41, 5.74) is 6.10. The van der Waals surface area contributed by atoms with Gasteiger partial charge in [-0.2, -0.15) is 18.6 Å². The van der Waals surface area contributed by atoms with Crippen LogP contribution in [0.25, 0.3) is 11.2 Å². The summed E-state index contributed by atoms with van der Waals surface area (Å²) in [6, 6.07) is 5.93. The number of anilines is 1. The number of nitrogens with two attached hydrogens (primary N) is 1. The molecule has 7 N–H and O–H groups in total. The second-order valence-electron chi connectivity index (χ2n) is 8.61. The fourth-order valence-electron chi connectivity index (χ4n) is 3.93. The molecule has 3 aromatic rings. The number of rotatable bonds is 12. The zero-order valence-electron chi connectivity index (χ0n) is 21.1. The van der Waals surface area contributed by atoms with Gasteiger partial charge in [0.2, 0.25) is 11.8 Å². The van der Waals surface area contributed by atoms with E-state index in [1.54, 1.807) is 13.0 Å². The van der Waals surface area contributed by atoms with E-state index in [0.717, 1.165) is 0 Å². The first-order valence-corrected chi connectivity index (χ1v) is 16.0. The summed E-state index contributed by atoms with van der Waals surface area (Å²) in [6.45, 7) is 0.676. The number of phosphoric ester groups is 1. The zero-order chi connectivity index (χ0) is 31.0. The van der Waals surface area contributed by atoms with Gasteiger partial charge in [0.25, 0.3) is 5.69 Å². The van der Waals surface area contributed by atoms with Crippen LogP contribution in [-0.4, -0.2) is 67.9 Å². The molecule has 1 fully saturated rings. The van der Waals surface area contributed by atoms with Crippen LogP contribution in [0.5, 0.6) is 5.88 Å². The van der Waals surface area contributed by atoms with Crippen molar-refractivity contribution in [2.75, 3.05) is 12.3 Å². The third kappa shape index (κ3) is 7.73. The molecule has 0 saturated carbocycles. The van der Waals surface area contributed by atoms with Crippen LogP contribution in [-0.2, 0) is 31.6 Å². The maximum Gasteiger partial charge on any atom is 0.490 e. The third-order valence-electron chi connectivity index (χ3n) is 5.60. The minimum atomic E-state index is -5.73. The smallest absolute Gasteiger partial charge is 0.468 e. The zero-order valence-corrected chi connectivity index (χ0v) is 23.8. The van der Waals surface area contributed by atoms with Crippen molar-refractivity contribution in [3.8, 4) is 5.88 Å². The van der Waals surface area contributed by atoms with Crippen LogP contribution in [0.2, 0.25) is 0 Å². The molecular weight excluding hydrogens is 633 g/mol. The topological polar surface area (TPSA) is 311 Å². The first-order chi connectivity index (χ1) is 19.4. The summed E-state index contributed by atoms with van der Waals surface area (Å²) >= 11 is 0. The first-order valence-electron chi connectivity index (χ1n) is 11.5. The van der Waals surface area contributed by atoms with E-state index in [2.05, 4.69) is 28.1 Å². The molecule has 2 aromatic heterocycles. The van der Waals surface area contributed by atoms with Gasteiger partial charge in [-0.3, -0.25) is 19.2 Å². The molecule has 1 aliphatic heterocycles. The summed E-state index contributed by atoms with van der Waals surface area (Å²) in [4.78, 5) is 59.3. The molecule has 21 nitrogen and oxygen atoms in total. The highest BCUT2D eigenvalue weighted by atomic mass is 31.3. The number of phosphoric acid groups is 3. The molecule has 24 heteroatoms. The number of nitrogen functional groups attached to an aromatic ring is 1. The number of hydrogen-bond donors (Lipinski definition) is 6. The molecule has 42 heavy (non-hydrogen) atoms. The Kier molecular flexibility index (Phi) is 9.15. The lowest BCUT2D eigenvalue weighted by Crippen LogP contribution is -2.26. The van der Waals surface area contributed by atoms with Gasteiger partial charge in [0.15, 0.2) is 11.2 Å². The minimum absolute atomic E-state index is 0.0815. The molecule has 0 spiro atoms. The van der Waals surface area contributed by atoms with Crippen molar-refractivity contribution in [3.63, 3.8) is 0 Å². The van der Waals surface area contributed by atoms with E-state index in [1.807, 2.05) is 0 Å². The van der Waals surface area contributed by atoms with Gasteiger partial charge < -0.3 is 39.9 Å². The molecule has 230 valence electrons. The highest BCUT2D eigenvalue weighted by molar-refractivity contribution is 7.66. The van der Waals surface area contributed by atoms with Crippen LogP contribution in [0.1, 0.15) is 31.2 Å². The van der Waals surface area contributed by atoms with E-state index >= 15 is 0 Å². The largest absolute Gasteiger partial charge is 0.490 e. The van der Waals surface area contributed by atoms with E-state index in [4.69, 9.17) is 25.0 Å². The summed E-state index contributed by atoms with van der Waals surface area (Å²) < 4.78 is 58.9. The summed E-state index contributed by atoms with van der Waals surface area (Å²) in [5.74, 6) is -0.360. The minimum Gasteiger partial charge on any atom is -0.468 e. The lowest BCUT2D eigenvalue weighted by atomic mass is 10.1. The van der Waals surface area contributed by atoms with Crippen molar-refractivity contribution in [1.29, 1.82) is 0 Å². The lowest BCUT2D eigenvalue weighted by molar-refractivity contribution is -0.386. The van der Waals surface area contributed by atoms with E-state index in [1.165, 1.54) is 29.1 Å². The molecular formula is C18H23N6O15P3. The summed E-state index contributed by atoms with van der Waals surface area (Å²) in [5, 5.41) is 21.8. The number of benzene rings is 1. The maximum atomic E-state index is 12.0. The van der Waals surface area contributed by atoms with Gasteiger partial charge in [-0.05, 0) is 13.0 Å². The average Bonchev–Trinajstić information content (AvgIpc) is 3.43. The molecule has 1 saturated heterocycles. The maximum absolute atomic E-state index is 12.0. The fraction of sp³-hybridized carbons (Fsp3) is 0.389. The SMILES string of the molecule is CC(Oc1nc(N)nc2c1ncn2[C@H]1C[C@@H](O)[C@@H](COP(=O)(O)OP(=O)(O)OP(=O)(O)O)O1)c1ccccc1[N+](=O)[O-]. The van der Waals surface area contributed by atoms with Crippen molar-refractivity contribution < 1.29 is 65.9 Å². The van der Waals surface area contributed by atoms with Crippen LogP contribution in [0.4, 0.5) is 11.6 Å². The van der Waals surface area contributed by atoms with Crippen LogP contribution >= 0.6 is 23.5 Å². The van der Waals surface area contributed by atoms with Crippen molar-refractivity contribution in [2.45, 2.75) is 37.9 Å². The number of hydrogen-bond acceptors (Lipinski definition) is 15. The van der Waals surface area contributed by atoms with Crippen LogP contribution in [0.3, 0.4) is 0 Å². The second kappa shape index (κ2) is 12.0. The number of aliphatic hydroxyl groups is 1.